The number of benzene rings is 3. The molecule has 6 nitrogen and oxygen atoms in total. The maximum absolute atomic E-state index is 11.1. The van der Waals surface area contributed by atoms with E-state index in [1.807, 2.05) is 24.3 Å². The van der Waals surface area contributed by atoms with Crippen LogP contribution in [-0.4, -0.2) is 28.4 Å². The van der Waals surface area contributed by atoms with Gasteiger partial charge in [0.05, 0.1) is 24.8 Å². The summed E-state index contributed by atoms with van der Waals surface area (Å²) >= 11 is 0. The summed E-state index contributed by atoms with van der Waals surface area (Å²) in [5.41, 5.74) is 2.60. The van der Waals surface area contributed by atoms with Crippen molar-refractivity contribution in [1.82, 2.24) is 0 Å². The van der Waals surface area contributed by atoms with Gasteiger partial charge >= 0.3 is 5.97 Å². The smallest absolute Gasteiger partial charge is 0.335 e. The average molecular weight is 393 g/mol. The van der Waals surface area contributed by atoms with Gasteiger partial charge < -0.3 is 25.4 Å². The van der Waals surface area contributed by atoms with E-state index in [0.717, 1.165) is 17.0 Å². The number of rotatable bonds is 8. The third-order valence-electron chi connectivity index (χ3n) is 4.73. The number of ether oxygens (including phenoxy) is 1. The first-order valence-corrected chi connectivity index (χ1v) is 9.17. The van der Waals surface area contributed by atoms with Crippen LogP contribution in [0.1, 0.15) is 40.1 Å². The van der Waals surface area contributed by atoms with Crippen LogP contribution in [0.4, 0.5) is 5.69 Å². The summed E-state index contributed by atoms with van der Waals surface area (Å²) in [4.78, 5) is 11.1. The van der Waals surface area contributed by atoms with Gasteiger partial charge in [-0.1, -0.05) is 24.3 Å². The van der Waals surface area contributed by atoms with Crippen LogP contribution in [0.15, 0.2) is 72.8 Å². The number of nitrogens with one attached hydrogen (secondary N) is 1. The number of aromatic hydroxyl groups is 1. The standard InChI is InChI=1S/C23H23NO5/c1-29-20-12-6-15(7-13-20)21(14-22(26)16-4-10-19(25)11-5-16)24-18-8-2-17(3-9-18)23(27)28/h2-13,21-22,24-26H,14H2,1H3,(H,27,28). The Hall–Kier alpha value is -3.51. The first-order valence-electron chi connectivity index (χ1n) is 9.17. The molecule has 0 heterocycles. The molecule has 4 N–H and O–H groups in total. The molecule has 0 saturated heterocycles. The van der Waals surface area contributed by atoms with E-state index < -0.39 is 12.1 Å². The molecular formula is C23H23NO5. The second kappa shape index (κ2) is 9.12. The van der Waals surface area contributed by atoms with E-state index in [1.165, 1.54) is 12.1 Å². The van der Waals surface area contributed by atoms with Gasteiger partial charge in [-0.3, -0.25) is 0 Å². The minimum absolute atomic E-state index is 0.143. The van der Waals surface area contributed by atoms with Gasteiger partial charge in [0.2, 0.25) is 0 Å². The van der Waals surface area contributed by atoms with Gasteiger partial charge in [-0.15, -0.1) is 0 Å². The van der Waals surface area contributed by atoms with Crippen LogP contribution >= 0.6 is 0 Å². The number of carboxylic acid groups (broad SMARTS) is 1. The molecule has 0 aliphatic heterocycles. The third kappa shape index (κ3) is 5.27. The van der Waals surface area contributed by atoms with Crippen LogP contribution in [0, 0.1) is 0 Å². The molecule has 29 heavy (non-hydrogen) atoms. The fraction of sp³-hybridized carbons (Fsp3) is 0.174. The SMILES string of the molecule is COc1ccc(C(CC(O)c2ccc(O)cc2)Nc2ccc(C(=O)O)cc2)cc1. The van der Waals surface area contributed by atoms with Crippen LogP contribution in [-0.2, 0) is 0 Å². The molecule has 3 rings (SSSR count). The van der Waals surface area contributed by atoms with Gasteiger partial charge in [0.1, 0.15) is 11.5 Å². The molecule has 0 aromatic heterocycles. The van der Waals surface area contributed by atoms with Gasteiger partial charge in [0.15, 0.2) is 0 Å². The molecule has 3 aromatic rings. The second-order valence-corrected chi connectivity index (χ2v) is 6.70. The highest BCUT2D eigenvalue weighted by molar-refractivity contribution is 5.88. The molecule has 3 aromatic carbocycles. The maximum atomic E-state index is 11.1. The van der Waals surface area contributed by atoms with Crippen LogP contribution in [0.3, 0.4) is 0 Å². The zero-order valence-electron chi connectivity index (χ0n) is 15.9. The Labute approximate surface area is 169 Å². The van der Waals surface area contributed by atoms with Crippen molar-refractivity contribution in [2.75, 3.05) is 12.4 Å². The fourth-order valence-electron chi connectivity index (χ4n) is 3.08. The van der Waals surface area contributed by atoms with Crippen LogP contribution in [0.25, 0.3) is 0 Å². The number of phenolic OH excluding ortho intramolecular Hbond substituents is 1. The first-order chi connectivity index (χ1) is 14.0. The van der Waals surface area contributed by atoms with Crippen molar-refractivity contribution in [2.45, 2.75) is 18.6 Å². The van der Waals surface area contributed by atoms with Crippen LogP contribution in [0.2, 0.25) is 0 Å². The largest absolute Gasteiger partial charge is 0.508 e. The molecule has 150 valence electrons. The highest BCUT2D eigenvalue weighted by Crippen LogP contribution is 2.31. The number of hydrogen-bond acceptors (Lipinski definition) is 5. The van der Waals surface area contributed by atoms with E-state index in [-0.39, 0.29) is 17.4 Å². The summed E-state index contributed by atoms with van der Waals surface area (Å²) in [6, 6.07) is 20.2. The first kappa shape index (κ1) is 20.2. The lowest BCUT2D eigenvalue weighted by Gasteiger charge is -2.24. The maximum Gasteiger partial charge on any atom is 0.335 e. The Morgan fingerprint density at radius 1 is 0.931 bits per heavy atom. The normalized spacial score (nSPS) is 12.8. The van der Waals surface area contributed by atoms with E-state index in [1.54, 1.807) is 43.5 Å². The minimum atomic E-state index is -0.981. The van der Waals surface area contributed by atoms with Gasteiger partial charge in [-0.25, -0.2) is 4.79 Å². The molecule has 0 radical (unpaired) electrons. The molecule has 2 unspecified atom stereocenters. The van der Waals surface area contributed by atoms with Crippen molar-refractivity contribution in [3.63, 3.8) is 0 Å². The van der Waals surface area contributed by atoms with E-state index >= 15 is 0 Å². The summed E-state index contributed by atoms with van der Waals surface area (Å²) in [6.07, 6.45) is -0.383. The number of carboxylic acids is 1. The van der Waals surface area contributed by atoms with E-state index in [2.05, 4.69) is 5.32 Å². The molecule has 2 atom stereocenters. The summed E-state index contributed by atoms with van der Waals surface area (Å²) in [5, 5.41) is 32.6. The van der Waals surface area contributed by atoms with Crippen molar-refractivity contribution in [3.05, 3.63) is 89.5 Å². The third-order valence-corrected chi connectivity index (χ3v) is 4.73. The molecule has 6 heteroatoms. The summed E-state index contributed by atoms with van der Waals surface area (Å²) in [7, 11) is 1.60. The predicted molar refractivity (Wildman–Crippen MR) is 110 cm³/mol. The van der Waals surface area contributed by atoms with Gasteiger partial charge in [-0.05, 0) is 59.7 Å². The zero-order chi connectivity index (χ0) is 20.8. The molecule has 0 aliphatic rings. The molecule has 0 amide bonds. The number of phenols is 1. The van der Waals surface area contributed by atoms with Crippen molar-refractivity contribution in [1.29, 1.82) is 0 Å². The summed E-state index contributed by atoms with van der Waals surface area (Å²) < 4.78 is 5.22. The molecule has 0 saturated carbocycles. The Kier molecular flexibility index (Phi) is 6.36. The monoisotopic (exact) mass is 393 g/mol. The van der Waals surface area contributed by atoms with Crippen molar-refractivity contribution >= 4 is 11.7 Å². The topological polar surface area (TPSA) is 99.0 Å². The van der Waals surface area contributed by atoms with Gasteiger partial charge in [0.25, 0.3) is 0 Å². The lowest BCUT2D eigenvalue weighted by atomic mass is 9.96. The lowest BCUT2D eigenvalue weighted by molar-refractivity contribution is 0.0697. The Morgan fingerprint density at radius 2 is 1.52 bits per heavy atom. The van der Waals surface area contributed by atoms with Crippen molar-refractivity contribution < 1.29 is 24.9 Å². The van der Waals surface area contributed by atoms with Gasteiger partial charge in [-0.2, -0.15) is 0 Å². The van der Waals surface area contributed by atoms with E-state index in [0.29, 0.717) is 12.0 Å². The molecule has 0 bridgehead atoms. The molecule has 0 spiro atoms. The van der Waals surface area contributed by atoms with Crippen LogP contribution in [0.5, 0.6) is 11.5 Å². The fourth-order valence-corrected chi connectivity index (χ4v) is 3.08. The number of aliphatic hydroxyl groups excluding tert-OH is 1. The van der Waals surface area contributed by atoms with Crippen molar-refractivity contribution in [2.24, 2.45) is 0 Å². The van der Waals surface area contributed by atoms with Crippen LogP contribution < -0.4 is 10.1 Å². The Balaban J connectivity index is 1.83. The second-order valence-electron chi connectivity index (χ2n) is 6.70. The summed E-state index contributed by atoms with van der Waals surface area (Å²) in [5.74, 6) is -0.104. The highest BCUT2D eigenvalue weighted by atomic mass is 16.5. The highest BCUT2D eigenvalue weighted by Gasteiger charge is 2.18. The number of anilines is 1. The number of aromatic carboxylic acids is 1. The number of methoxy groups -OCH3 is 1. The van der Waals surface area contributed by atoms with Crippen molar-refractivity contribution in [3.8, 4) is 11.5 Å². The number of carbonyl (C=O) groups is 1. The predicted octanol–water partition coefficient (Wildman–Crippen LogP) is 4.38. The van der Waals surface area contributed by atoms with E-state index in [4.69, 9.17) is 9.84 Å². The quantitative estimate of drug-likeness (QED) is 0.453. The molecular weight excluding hydrogens is 370 g/mol. The average Bonchev–Trinajstić information content (AvgIpc) is 2.74. The molecule has 0 fully saturated rings. The summed E-state index contributed by atoms with van der Waals surface area (Å²) in [6.45, 7) is 0. The van der Waals surface area contributed by atoms with Gasteiger partial charge in [0, 0.05) is 12.1 Å². The number of hydrogen-bond donors (Lipinski definition) is 4. The lowest BCUT2D eigenvalue weighted by Crippen LogP contribution is -2.15. The Morgan fingerprint density at radius 3 is 2.07 bits per heavy atom. The zero-order valence-corrected chi connectivity index (χ0v) is 15.9. The number of aliphatic hydroxyl groups is 1. The minimum Gasteiger partial charge on any atom is -0.508 e. The Bertz CT molecular complexity index is 937. The van der Waals surface area contributed by atoms with E-state index in [9.17, 15) is 15.0 Å². The molecule has 0 aliphatic carbocycles.